The largest absolute Gasteiger partial charge is 0.497 e. The van der Waals surface area contributed by atoms with Gasteiger partial charge in [-0.25, -0.2) is 4.79 Å². The van der Waals surface area contributed by atoms with Gasteiger partial charge in [-0.15, -0.1) is 0 Å². The molecular formula is C22H27N7O3. The smallest absolute Gasteiger partial charge is 0.322 e. The molecule has 2 amide bonds. The predicted octanol–water partition coefficient (Wildman–Crippen LogP) is 2.60. The average molecular weight is 438 g/mol. The van der Waals surface area contributed by atoms with Gasteiger partial charge in [0.2, 0.25) is 5.95 Å². The van der Waals surface area contributed by atoms with Crippen molar-refractivity contribution in [2.75, 3.05) is 50.6 Å². The Morgan fingerprint density at radius 3 is 2.59 bits per heavy atom. The van der Waals surface area contributed by atoms with Gasteiger partial charge in [0, 0.05) is 32.2 Å². The Hall–Kier alpha value is -3.82. The number of carbonyl (C=O) groups excluding carboxylic acids is 1. The number of carbonyl (C=O) groups is 1. The summed E-state index contributed by atoms with van der Waals surface area (Å²) in [6, 6.07) is 13.3. The molecule has 4 rings (SSSR count). The molecule has 0 spiro atoms. The van der Waals surface area contributed by atoms with E-state index >= 15 is 0 Å². The van der Waals surface area contributed by atoms with E-state index in [1.807, 2.05) is 12.1 Å². The molecule has 0 aliphatic carbocycles. The number of piperazine rings is 1. The van der Waals surface area contributed by atoms with Crippen LogP contribution in [0.15, 0.2) is 42.5 Å². The number of ether oxygens (including phenoxy) is 2. The van der Waals surface area contributed by atoms with Crippen LogP contribution < -0.4 is 19.7 Å². The minimum atomic E-state index is -0.188. The van der Waals surface area contributed by atoms with Crippen LogP contribution in [-0.4, -0.2) is 71.5 Å². The van der Waals surface area contributed by atoms with E-state index < -0.39 is 0 Å². The summed E-state index contributed by atoms with van der Waals surface area (Å²) >= 11 is 0. The summed E-state index contributed by atoms with van der Waals surface area (Å²) in [7, 11) is 3.15. The molecule has 168 valence electrons. The number of benzene rings is 2. The number of nitrogens with zero attached hydrogens (tertiary/aromatic N) is 6. The van der Waals surface area contributed by atoms with Gasteiger partial charge in [0.25, 0.3) is 0 Å². The van der Waals surface area contributed by atoms with Crippen LogP contribution in [0, 0.1) is 0 Å². The molecule has 10 heteroatoms. The van der Waals surface area contributed by atoms with Crippen molar-refractivity contribution in [2.45, 2.75) is 13.3 Å². The molecule has 1 aliphatic heterocycles. The third kappa shape index (κ3) is 4.43. The second-order valence-electron chi connectivity index (χ2n) is 7.38. The molecule has 3 aromatic rings. The van der Waals surface area contributed by atoms with Crippen LogP contribution in [0.25, 0.3) is 5.69 Å². The van der Waals surface area contributed by atoms with Crippen molar-refractivity contribution in [1.82, 2.24) is 25.1 Å². The van der Waals surface area contributed by atoms with Gasteiger partial charge < -0.3 is 24.6 Å². The average Bonchev–Trinajstić information content (AvgIpc) is 3.34. The number of aryl methyl sites for hydroxylation is 1. The topological polar surface area (TPSA) is 97.6 Å². The molecule has 0 unspecified atom stereocenters. The number of anilines is 2. The molecular weight excluding hydrogens is 410 g/mol. The molecule has 2 heterocycles. The van der Waals surface area contributed by atoms with E-state index in [0.29, 0.717) is 49.3 Å². The molecule has 1 fully saturated rings. The Kier molecular flexibility index (Phi) is 6.39. The second kappa shape index (κ2) is 9.54. The molecule has 0 radical (unpaired) electrons. The Morgan fingerprint density at radius 1 is 1.06 bits per heavy atom. The van der Waals surface area contributed by atoms with Gasteiger partial charge in [0.05, 0.1) is 25.6 Å². The monoisotopic (exact) mass is 437 g/mol. The first-order chi connectivity index (χ1) is 15.6. The third-order valence-corrected chi connectivity index (χ3v) is 5.51. The van der Waals surface area contributed by atoms with Crippen molar-refractivity contribution in [1.29, 1.82) is 0 Å². The molecule has 2 aromatic carbocycles. The van der Waals surface area contributed by atoms with Gasteiger partial charge in [0.1, 0.15) is 11.5 Å². The molecule has 0 saturated carbocycles. The van der Waals surface area contributed by atoms with Crippen molar-refractivity contribution in [3.63, 3.8) is 0 Å². The van der Waals surface area contributed by atoms with Crippen LogP contribution in [0.2, 0.25) is 0 Å². The van der Waals surface area contributed by atoms with Crippen LogP contribution >= 0.6 is 0 Å². The Morgan fingerprint density at radius 2 is 1.88 bits per heavy atom. The quantitative estimate of drug-likeness (QED) is 0.633. The second-order valence-corrected chi connectivity index (χ2v) is 7.38. The van der Waals surface area contributed by atoms with E-state index in [-0.39, 0.29) is 6.03 Å². The van der Waals surface area contributed by atoms with Crippen molar-refractivity contribution in [3.8, 4) is 17.2 Å². The highest BCUT2D eigenvalue weighted by Crippen LogP contribution is 2.29. The van der Waals surface area contributed by atoms with E-state index in [9.17, 15) is 4.79 Å². The van der Waals surface area contributed by atoms with Gasteiger partial charge >= 0.3 is 6.03 Å². The molecule has 1 aliphatic rings. The summed E-state index contributed by atoms with van der Waals surface area (Å²) in [5.74, 6) is 1.89. The fraction of sp³-hybridized carbons (Fsp3) is 0.364. The highest BCUT2D eigenvalue weighted by atomic mass is 16.5. The SMILES string of the molecule is CCc1cccc(-n2nnnc2N2CCN(C(=O)Nc3cc(OC)ccc3OC)CC2)c1. The van der Waals surface area contributed by atoms with Crippen molar-refractivity contribution >= 4 is 17.7 Å². The van der Waals surface area contributed by atoms with Crippen LogP contribution in [-0.2, 0) is 6.42 Å². The first-order valence-corrected chi connectivity index (χ1v) is 10.5. The number of tetrazole rings is 1. The van der Waals surface area contributed by atoms with Gasteiger partial charge in [-0.3, -0.25) is 0 Å². The maximum absolute atomic E-state index is 12.8. The lowest BCUT2D eigenvalue weighted by Gasteiger charge is -2.34. The Bertz CT molecular complexity index is 1080. The molecule has 0 bridgehead atoms. The van der Waals surface area contributed by atoms with E-state index in [1.54, 1.807) is 42.0 Å². The maximum atomic E-state index is 12.8. The summed E-state index contributed by atoms with van der Waals surface area (Å²) in [6.45, 7) is 4.44. The standard InChI is InChI=1S/C22H27N7O3/c1-4-16-6-5-7-17(14-16)29-21(24-25-26-29)27-10-12-28(13-11-27)22(30)23-19-15-18(31-2)8-9-20(19)32-3/h5-9,14-15H,4,10-13H2,1-3H3,(H,23,30). The molecule has 1 aromatic heterocycles. The van der Waals surface area contributed by atoms with Gasteiger partial charge in [-0.05, 0) is 46.7 Å². The van der Waals surface area contributed by atoms with E-state index in [2.05, 4.69) is 44.8 Å². The zero-order chi connectivity index (χ0) is 22.5. The number of methoxy groups -OCH3 is 2. The number of hydrogen-bond acceptors (Lipinski definition) is 7. The number of rotatable bonds is 6. The number of nitrogens with one attached hydrogen (secondary N) is 1. The Balaban J connectivity index is 1.42. The predicted molar refractivity (Wildman–Crippen MR) is 121 cm³/mol. The fourth-order valence-electron chi connectivity index (χ4n) is 3.67. The zero-order valence-corrected chi connectivity index (χ0v) is 18.5. The van der Waals surface area contributed by atoms with E-state index in [0.717, 1.165) is 12.1 Å². The number of urea groups is 1. The van der Waals surface area contributed by atoms with Gasteiger partial charge in [-0.1, -0.05) is 24.2 Å². The van der Waals surface area contributed by atoms with E-state index in [1.165, 1.54) is 5.56 Å². The summed E-state index contributed by atoms with van der Waals surface area (Å²) in [5.41, 5.74) is 2.71. The minimum Gasteiger partial charge on any atom is -0.497 e. The maximum Gasteiger partial charge on any atom is 0.322 e. The Labute approximate surface area is 186 Å². The van der Waals surface area contributed by atoms with Gasteiger partial charge in [0.15, 0.2) is 0 Å². The molecule has 32 heavy (non-hydrogen) atoms. The zero-order valence-electron chi connectivity index (χ0n) is 18.5. The fourth-order valence-corrected chi connectivity index (χ4v) is 3.67. The number of amides is 2. The van der Waals surface area contributed by atoms with Crippen LogP contribution in [0.1, 0.15) is 12.5 Å². The van der Waals surface area contributed by atoms with E-state index in [4.69, 9.17) is 9.47 Å². The first-order valence-electron chi connectivity index (χ1n) is 10.5. The number of hydrogen-bond donors (Lipinski definition) is 1. The molecule has 10 nitrogen and oxygen atoms in total. The lowest BCUT2D eigenvalue weighted by atomic mass is 10.1. The van der Waals surface area contributed by atoms with Crippen molar-refractivity contribution in [3.05, 3.63) is 48.0 Å². The number of aromatic nitrogens is 4. The van der Waals surface area contributed by atoms with Crippen LogP contribution in [0.5, 0.6) is 11.5 Å². The van der Waals surface area contributed by atoms with Crippen molar-refractivity contribution < 1.29 is 14.3 Å². The minimum absolute atomic E-state index is 0.188. The first kappa shape index (κ1) is 21.4. The molecule has 1 N–H and O–H groups in total. The lowest BCUT2D eigenvalue weighted by Crippen LogP contribution is -2.50. The highest BCUT2D eigenvalue weighted by Gasteiger charge is 2.25. The van der Waals surface area contributed by atoms with Crippen LogP contribution in [0.4, 0.5) is 16.4 Å². The third-order valence-electron chi connectivity index (χ3n) is 5.51. The molecule has 0 atom stereocenters. The summed E-state index contributed by atoms with van der Waals surface area (Å²) in [6.07, 6.45) is 0.942. The summed E-state index contributed by atoms with van der Waals surface area (Å²) < 4.78 is 12.3. The van der Waals surface area contributed by atoms with Crippen molar-refractivity contribution in [2.24, 2.45) is 0 Å². The van der Waals surface area contributed by atoms with Crippen LogP contribution in [0.3, 0.4) is 0 Å². The summed E-state index contributed by atoms with van der Waals surface area (Å²) in [4.78, 5) is 16.7. The molecule has 1 saturated heterocycles. The normalized spacial score (nSPS) is 13.7. The lowest BCUT2D eigenvalue weighted by molar-refractivity contribution is 0.207. The highest BCUT2D eigenvalue weighted by molar-refractivity contribution is 5.91. The summed E-state index contributed by atoms with van der Waals surface area (Å²) in [5, 5.41) is 15.2. The van der Waals surface area contributed by atoms with Gasteiger partial charge in [-0.2, -0.15) is 4.68 Å².